The number of ether oxygens (including phenoxy) is 1. The Balaban J connectivity index is 1.83. The van der Waals surface area contributed by atoms with Crippen molar-refractivity contribution in [1.82, 2.24) is 10.1 Å². The number of amides is 2. The Hall–Kier alpha value is -2.87. The Morgan fingerprint density at radius 1 is 1.16 bits per heavy atom. The SMILES string of the molecule is CCN(CC(=O)Nc1ccc(OC)cc1)CC(=O)Nc1cc(C)no1. The summed E-state index contributed by atoms with van der Waals surface area (Å²) in [4.78, 5) is 25.9. The molecule has 1 aromatic carbocycles. The van der Waals surface area contributed by atoms with Gasteiger partial charge in [-0.2, -0.15) is 0 Å². The standard InChI is InChI=1S/C17H22N4O4/c1-4-21(11-16(23)19-17-9-12(2)20-25-17)10-15(22)18-13-5-7-14(24-3)8-6-13/h5-9H,4,10-11H2,1-3H3,(H,18,22)(H,19,23). The summed E-state index contributed by atoms with van der Waals surface area (Å²) in [7, 11) is 1.58. The number of anilines is 2. The minimum absolute atomic E-state index is 0.0757. The first-order chi connectivity index (χ1) is 12.0. The molecule has 25 heavy (non-hydrogen) atoms. The molecule has 0 spiro atoms. The molecule has 8 heteroatoms. The van der Waals surface area contributed by atoms with Gasteiger partial charge in [0, 0.05) is 11.8 Å². The van der Waals surface area contributed by atoms with E-state index in [2.05, 4.69) is 15.8 Å². The lowest BCUT2D eigenvalue weighted by Crippen LogP contribution is -2.38. The molecule has 0 aliphatic rings. The molecular weight excluding hydrogens is 324 g/mol. The van der Waals surface area contributed by atoms with E-state index in [-0.39, 0.29) is 24.9 Å². The average Bonchev–Trinajstić information content (AvgIpc) is 2.99. The van der Waals surface area contributed by atoms with E-state index in [9.17, 15) is 9.59 Å². The fourth-order valence-electron chi connectivity index (χ4n) is 2.16. The smallest absolute Gasteiger partial charge is 0.240 e. The van der Waals surface area contributed by atoms with E-state index >= 15 is 0 Å². The van der Waals surface area contributed by atoms with Crippen molar-refractivity contribution < 1.29 is 18.8 Å². The highest BCUT2D eigenvalue weighted by Gasteiger charge is 2.14. The number of hydrogen-bond acceptors (Lipinski definition) is 6. The Bertz CT molecular complexity index is 712. The fraction of sp³-hybridized carbons (Fsp3) is 0.353. The maximum Gasteiger partial charge on any atom is 0.240 e. The number of carbonyl (C=O) groups is 2. The van der Waals surface area contributed by atoms with Crippen LogP contribution in [-0.2, 0) is 9.59 Å². The minimum Gasteiger partial charge on any atom is -0.497 e. The molecule has 2 aromatic rings. The first kappa shape index (κ1) is 18.5. The quantitative estimate of drug-likeness (QED) is 0.758. The van der Waals surface area contributed by atoms with Crippen molar-refractivity contribution in [2.24, 2.45) is 0 Å². The normalized spacial score (nSPS) is 10.6. The molecule has 0 bridgehead atoms. The molecule has 0 aliphatic heterocycles. The van der Waals surface area contributed by atoms with Gasteiger partial charge in [-0.25, -0.2) is 0 Å². The van der Waals surface area contributed by atoms with E-state index in [1.54, 1.807) is 49.3 Å². The highest BCUT2D eigenvalue weighted by Crippen LogP contribution is 2.15. The van der Waals surface area contributed by atoms with Crippen molar-refractivity contribution in [3.05, 3.63) is 36.0 Å². The molecule has 0 saturated heterocycles. The van der Waals surface area contributed by atoms with Crippen LogP contribution in [0, 0.1) is 6.92 Å². The summed E-state index contributed by atoms with van der Waals surface area (Å²) >= 11 is 0. The lowest BCUT2D eigenvalue weighted by molar-refractivity contribution is -0.120. The first-order valence-electron chi connectivity index (χ1n) is 7.89. The lowest BCUT2D eigenvalue weighted by atomic mass is 10.3. The maximum absolute atomic E-state index is 12.1. The molecule has 2 rings (SSSR count). The van der Waals surface area contributed by atoms with Crippen LogP contribution < -0.4 is 15.4 Å². The van der Waals surface area contributed by atoms with Gasteiger partial charge in [0.15, 0.2) is 0 Å². The van der Waals surface area contributed by atoms with Crippen LogP contribution in [0.4, 0.5) is 11.6 Å². The van der Waals surface area contributed by atoms with E-state index in [0.29, 0.717) is 29.6 Å². The second kappa shape index (κ2) is 8.84. The predicted octanol–water partition coefficient (Wildman–Crippen LogP) is 1.89. The van der Waals surface area contributed by atoms with Crippen LogP contribution in [0.1, 0.15) is 12.6 Å². The van der Waals surface area contributed by atoms with Gasteiger partial charge in [0.1, 0.15) is 5.75 Å². The van der Waals surface area contributed by atoms with Crippen LogP contribution in [-0.4, -0.2) is 48.6 Å². The van der Waals surface area contributed by atoms with Crippen LogP contribution in [0.25, 0.3) is 0 Å². The van der Waals surface area contributed by atoms with E-state index in [1.807, 2.05) is 6.92 Å². The number of benzene rings is 1. The van der Waals surface area contributed by atoms with Crippen LogP contribution in [0.2, 0.25) is 0 Å². The van der Waals surface area contributed by atoms with Gasteiger partial charge in [0.05, 0.1) is 25.9 Å². The molecule has 0 atom stereocenters. The number of aryl methyl sites for hydroxylation is 1. The highest BCUT2D eigenvalue weighted by molar-refractivity contribution is 5.94. The predicted molar refractivity (Wildman–Crippen MR) is 93.6 cm³/mol. The maximum atomic E-state index is 12.1. The van der Waals surface area contributed by atoms with Gasteiger partial charge in [-0.05, 0) is 37.7 Å². The molecule has 2 amide bonds. The molecule has 0 fully saturated rings. The number of nitrogens with zero attached hydrogens (tertiary/aromatic N) is 2. The Labute approximate surface area is 146 Å². The van der Waals surface area contributed by atoms with Gasteiger partial charge in [-0.1, -0.05) is 12.1 Å². The number of carbonyl (C=O) groups excluding carboxylic acids is 2. The summed E-state index contributed by atoms with van der Waals surface area (Å²) in [5, 5.41) is 9.10. The van der Waals surface area contributed by atoms with Gasteiger partial charge in [0.2, 0.25) is 17.7 Å². The van der Waals surface area contributed by atoms with Gasteiger partial charge < -0.3 is 14.6 Å². The molecule has 0 unspecified atom stereocenters. The zero-order valence-corrected chi connectivity index (χ0v) is 14.5. The number of hydrogen-bond donors (Lipinski definition) is 2. The number of rotatable bonds is 8. The fourth-order valence-corrected chi connectivity index (χ4v) is 2.16. The van der Waals surface area contributed by atoms with Crippen molar-refractivity contribution in [1.29, 1.82) is 0 Å². The highest BCUT2D eigenvalue weighted by atomic mass is 16.5. The average molecular weight is 346 g/mol. The molecule has 0 radical (unpaired) electrons. The van der Waals surface area contributed by atoms with Crippen LogP contribution in [0.15, 0.2) is 34.9 Å². The van der Waals surface area contributed by atoms with Gasteiger partial charge >= 0.3 is 0 Å². The summed E-state index contributed by atoms with van der Waals surface area (Å²) < 4.78 is 10.0. The summed E-state index contributed by atoms with van der Waals surface area (Å²) in [5.74, 6) is 0.541. The van der Waals surface area contributed by atoms with Crippen molar-refractivity contribution in [3.63, 3.8) is 0 Å². The van der Waals surface area contributed by atoms with Crippen LogP contribution in [0.5, 0.6) is 5.75 Å². The summed E-state index contributed by atoms with van der Waals surface area (Å²) in [6.45, 7) is 4.38. The molecule has 0 saturated carbocycles. The van der Waals surface area contributed by atoms with Crippen LogP contribution in [0.3, 0.4) is 0 Å². The third kappa shape index (κ3) is 5.92. The summed E-state index contributed by atoms with van der Waals surface area (Å²) in [6.07, 6.45) is 0. The Morgan fingerprint density at radius 2 is 1.80 bits per heavy atom. The summed E-state index contributed by atoms with van der Waals surface area (Å²) in [6, 6.07) is 8.67. The van der Waals surface area contributed by atoms with E-state index in [4.69, 9.17) is 9.26 Å². The number of nitrogens with one attached hydrogen (secondary N) is 2. The summed E-state index contributed by atoms with van der Waals surface area (Å²) in [5.41, 5.74) is 1.35. The van der Waals surface area contributed by atoms with Crippen molar-refractivity contribution in [3.8, 4) is 5.75 Å². The molecule has 1 aromatic heterocycles. The number of likely N-dealkylation sites (N-methyl/N-ethyl adjacent to an activating group) is 1. The molecular formula is C17H22N4O4. The zero-order valence-electron chi connectivity index (χ0n) is 14.5. The zero-order chi connectivity index (χ0) is 18.2. The number of methoxy groups -OCH3 is 1. The molecule has 8 nitrogen and oxygen atoms in total. The molecule has 134 valence electrons. The third-order valence-corrected chi connectivity index (χ3v) is 3.45. The van der Waals surface area contributed by atoms with Gasteiger partial charge in [-0.15, -0.1) is 0 Å². The van der Waals surface area contributed by atoms with Crippen molar-refractivity contribution in [2.75, 3.05) is 37.4 Å². The second-order valence-corrected chi connectivity index (χ2v) is 5.46. The number of aromatic nitrogens is 1. The van der Waals surface area contributed by atoms with Crippen molar-refractivity contribution >= 4 is 23.4 Å². The van der Waals surface area contributed by atoms with Gasteiger partial charge in [0.25, 0.3) is 0 Å². The molecule has 1 heterocycles. The largest absolute Gasteiger partial charge is 0.497 e. The van der Waals surface area contributed by atoms with E-state index in [0.717, 1.165) is 0 Å². The Morgan fingerprint density at radius 3 is 2.32 bits per heavy atom. The minimum atomic E-state index is -0.268. The first-order valence-corrected chi connectivity index (χ1v) is 7.89. The Kier molecular flexibility index (Phi) is 6.53. The van der Waals surface area contributed by atoms with E-state index in [1.165, 1.54) is 0 Å². The lowest BCUT2D eigenvalue weighted by Gasteiger charge is -2.18. The second-order valence-electron chi connectivity index (χ2n) is 5.46. The molecule has 0 aliphatic carbocycles. The third-order valence-electron chi connectivity index (χ3n) is 3.45. The topological polar surface area (TPSA) is 96.7 Å². The van der Waals surface area contributed by atoms with E-state index < -0.39 is 0 Å². The molecule has 2 N–H and O–H groups in total. The van der Waals surface area contributed by atoms with Crippen molar-refractivity contribution in [2.45, 2.75) is 13.8 Å². The van der Waals surface area contributed by atoms with Crippen LogP contribution >= 0.6 is 0 Å². The van der Waals surface area contributed by atoms with Gasteiger partial charge in [-0.3, -0.25) is 19.8 Å². The monoisotopic (exact) mass is 346 g/mol.